The summed E-state index contributed by atoms with van der Waals surface area (Å²) < 4.78 is 5.78. The maximum atomic E-state index is 5.78. The normalized spacial score (nSPS) is 10.5. The lowest BCUT2D eigenvalue weighted by Crippen LogP contribution is -2.04. The molecule has 1 heterocycles. The fourth-order valence-corrected chi connectivity index (χ4v) is 2.39. The highest BCUT2D eigenvalue weighted by Crippen LogP contribution is 2.26. The van der Waals surface area contributed by atoms with Crippen LogP contribution in [0.5, 0.6) is 5.75 Å². The summed E-state index contributed by atoms with van der Waals surface area (Å²) in [5, 5.41) is 6.58. The summed E-state index contributed by atoms with van der Waals surface area (Å²) >= 11 is 1.68. The average Bonchev–Trinajstić information content (AvgIpc) is 2.81. The van der Waals surface area contributed by atoms with Gasteiger partial charge in [-0.3, -0.25) is 0 Å². The van der Waals surface area contributed by atoms with Crippen LogP contribution in [-0.4, -0.2) is 11.6 Å². The fourth-order valence-electron chi connectivity index (χ4n) is 1.78. The van der Waals surface area contributed by atoms with Gasteiger partial charge in [0.15, 0.2) is 0 Å². The number of ether oxygens (including phenoxy) is 1. The maximum absolute atomic E-state index is 5.78. The highest BCUT2D eigenvalue weighted by atomic mass is 32.1. The van der Waals surface area contributed by atoms with Crippen molar-refractivity contribution in [3.8, 4) is 5.75 Å². The zero-order valence-electron chi connectivity index (χ0n) is 11.7. The topological polar surface area (TPSA) is 34.1 Å². The average molecular weight is 276 g/mol. The van der Waals surface area contributed by atoms with Crippen LogP contribution < -0.4 is 10.1 Å². The Labute approximate surface area is 118 Å². The van der Waals surface area contributed by atoms with Gasteiger partial charge in [-0.25, -0.2) is 4.98 Å². The van der Waals surface area contributed by atoms with Crippen LogP contribution in [0.1, 0.15) is 29.6 Å². The SMILES string of the molecule is CCCOc1cc(C)ccc1NCc1csc(C)n1. The Morgan fingerprint density at radius 1 is 1.32 bits per heavy atom. The molecule has 0 atom stereocenters. The first-order valence-corrected chi connectivity index (χ1v) is 7.45. The number of nitrogens with one attached hydrogen (secondary N) is 1. The molecule has 0 amide bonds. The van der Waals surface area contributed by atoms with Crippen molar-refractivity contribution < 1.29 is 4.74 Å². The van der Waals surface area contributed by atoms with Gasteiger partial charge in [0.2, 0.25) is 0 Å². The smallest absolute Gasteiger partial charge is 0.142 e. The molecular formula is C15H20N2OS. The number of nitrogens with zero attached hydrogens (tertiary/aromatic N) is 1. The first kappa shape index (κ1) is 13.9. The minimum Gasteiger partial charge on any atom is -0.491 e. The van der Waals surface area contributed by atoms with E-state index in [1.807, 2.05) is 6.92 Å². The van der Waals surface area contributed by atoms with Crippen LogP contribution in [0.2, 0.25) is 0 Å². The van der Waals surface area contributed by atoms with Crippen LogP contribution in [0.25, 0.3) is 0 Å². The molecule has 0 fully saturated rings. The molecule has 102 valence electrons. The van der Waals surface area contributed by atoms with Crippen LogP contribution in [0.4, 0.5) is 5.69 Å². The third kappa shape index (κ3) is 3.96. The summed E-state index contributed by atoms with van der Waals surface area (Å²) in [6, 6.07) is 6.23. The van der Waals surface area contributed by atoms with Crippen molar-refractivity contribution in [3.05, 3.63) is 39.8 Å². The van der Waals surface area contributed by atoms with Gasteiger partial charge in [-0.1, -0.05) is 13.0 Å². The summed E-state index contributed by atoms with van der Waals surface area (Å²) in [7, 11) is 0. The van der Waals surface area contributed by atoms with Gasteiger partial charge in [-0.05, 0) is 38.0 Å². The minimum atomic E-state index is 0.732. The van der Waals surface area contributed by atoms with E-state index in [2.05, 4.69) is 47.7 Å². The van der Waals surface area contributed by atoms with Crippen molar-refractivity contribution in [1.82, 2.24) is 4.98 Å². The van der Waals surface area contributed by atoms with Gasteiger partial charge >= 0.3 is 0 Å². The highest BCUT2D eigenvalue weighted by molar-refractivity contribution is 7.09. The number of aromatic nitrogens is 1. The van der Waals surface area contributed by atoms with Crippen LogP contribution in [0.15, 0.2) is 23.6 Å². The van der Waals surface area contributed by atoms with E-state index < -0.39 is 0 Å². The summed E-state index contributed by atoms with van der Waals surface area (Å²) in [6.07, 6.45) is 1.01. The van der Waals surface area contributed by atoms with Gasteiger partial charge in [0.1, 0.15) is 5.75 Å². The fraction of sp³-hybridized carbons (Fsp3) is 0.400. The molecule has 1 N–H and O–H groups in total. The second kappa shape index (κ2) is 6.57. The zero-order valence-corrected chi connectivity index (χ0v) is 12.5. The highest BCUT2D eigenvalue weighted by Gasteiger charge is 2.05. The Morgan fingerprint density at radius 2 is 2.16 bits per heavy atom. The largest absolute Gasteiger partial charge is 0.491 e. The minimum absolute atomic E-state index is 0.732. The van der Waals surface area contributed by atoms with Gasteiger partial charge in [0.25, 0.3) is 0 Å². The Morgan fingerprint density at radius 3 is 2.84 bits per heavy atom. The summed E-state index contributed by atoms with van der Waals surface area (Å²) in [4.78, 5) is 4.45. The van der Waals surface area contributed by atoms with Crippen molar-refractivity contribution in [2.75, 3.05) is 11.9 Å². The molecule has 0 bridgehead atoms. The van der Waals surface area contributed by atoms with E-state index in [4.69, 9.17) is 4.74 Å². The molecular weight excluding hydrogens is 256 g/mol. The Hall–Kier alpha value is -1.55. The first-order chi connectivity index (χ1) is 9.19. The molecule has 0 aliphatic carbocycles. The second-order valence-corrected chi connectivity index (χ2v) is 5.62. The van der Waals surface area contributed by atoms with Crippen LogP contribution in [0.3, 0.4) is 0 Å². The molecule has 2 rings (SSSR count). The molecule has 0 aliphatic heterocycles. The summed E-state index contributed by atoms with van der Waals surface area (Å²) in [5.74, 6) is 0.925. The summed E-state index contributed by atoms with van der Waals surface area (Å²) in [5.41, 5.74) is 3.32. The zero-order chi connectivity index (χ0) is 13.7. The molecule has 0 aliphatic rings. The van der Waals surface area contributed by atoms with Crippen molar-refractivity contribution >= 4 is 17.0 Å². The molecule has 0 unspecified atom stereocenters. The lowest BCUT2D eigenvalue weighted by molar-refractivity contribution is 0.318. The second-order valence-electron chi connectivity index (χ2n) is 4.56. The summed E-state index contributed by atoms with van der Waals surface area (Å²) in [6.45, 7) is 7.69. The molecule has 0 spiro atoms. The van der Waals surface area contributed by atoms with Crippen molar-refractivity contribution in [2.24, 2.45) is 0 Å². The quantitative estimate of drug-likeness (QED) is 0.860. The van der Waals surface area contributed by atoms with Gasteiger partial charge in [0, 0.05) is 5.38 Å². The number of benzene rings is 1. The lowest BCUT2D eigenvalue weighted by Gasteiger charge is -2.13. The van der Waals surface area contributed by atoms with Gasteiger partial charge in [-0.2, -0.15) is 0 Å². The van der Waals surface area contributed by atoms with E-state index >= 15 is 0 Å². The first-order valence-electron chi connectivity index (χ1n) is 6.57. The lowest BCUT2D eigenvalue weighted by atomic mass is 10.2. The predicted octanol–water partition coefficient (Wildman–Crippen LogP) is 4.16. The third-order valence-corrected chi connectivity index (χ3v) is 3.55. The molecule has 1 aromatic carbocycles. The van der Waals surface area contributed by atoms with Gasteiger partial charge in [-0.15, -0.1) is 11.3 Å². The van der Waals surface area contributed by atoms with Gasteiger partial charge < -0.3 is 10.1 Å². The van der Waals surface area contributed by atoms with Crippen LogP contribution in [0, 0.1) is 13.8 Å². The van der Waals surface area contributed by atoms with E-state index in [1.54, 1.807) is 11.3 Å². The van der Waals surface area contributed by atoms with E-state index in [0.29, 0.717) is 0 Å². The Bertz CT molecular complexity index is 537. The third-order valence-electron chi connectivity index (χ3n) is 2.73. The molecule has 4 heteroatoms. The number of anilines is 1. The number of rotatable bonds is 6. The monoisotopic (exact) mass is 276 g/mol. The van der Waals surface area contributed by atoms with Gasteiger partial charge in [0.05, 0.1) is 29.5 Å². The van der Waals surface area contributed by atoms with E-state index in [1.165, 1.54) is 5.56 Å². The number of thiazole rings is 1. The molecule has 0 saturated heterocycles. The van der Waals surface area contributed by atoms with E-state index in [9.17, 15) is 0 Å². The molecule has 2 aromatic rings. The Balaban J connectivity index is 2.05. The standard InChI is InChI=1S/C15H20N2OS/c1-4-7-18-15-8-11(2)5-6-14(15)16-9-13-10-19-12(3)17-13/h5-6,8,10,16H,4,7,9H2,1-3H3. The molecule has 3 nitrogen and oxygen atoms in total. The van der Waals surface area contributed by atoms with E-state index in [-0.39, 0.29) is 0 Å². The number of aryl methyl sites for hydroxylation is 2. The van der Waals surface area contributed by atoms with Crippen LogP contribution in [-0.2, 0) is 6.54 Å². The molecule has 1 aromatic heterocycles. The number of hydrogen-bond acceptors (Lipinski definition) is 4. The van der Waals surface area contributed by atoms with Crippen LogP contribution >= 0.6 is 11.3 Å². The van der Waals surface area contributed by atoms with Crippen molar-refractivity contribution in [1.29, 1.82) is 0 Å². The van der Waals surface area contributed by atoms with E-state index in [0.717, 1.165) is 41.7 Å². The molecule has 0 radical (unpaired) electrons. The predicted molar refractivity (Wildman–Crippen MR) is 81.1 cm³/mol. The Kier molecular flexibility index (Phi) is 4.80. The molecule has 19 heavy (non-hydrogen) atoms. The molecule has 0 saturated carbocycles. The van der Waals surface area contributed by atoms with Crippen molar-refractivity contribution in [3.63, 3.8) is 0 Å². The van der Waals surface area contributed by atoms with Crippen molar-refractivity contribution in [2.45, 2.75) is 33.7 Å². The number of hydrogen-bond donors (Lipinski definition) is 1. The maximum Gasteiger partial charge on any atom is 0.142 e.